The molecule has 1 fully saturated rings. The van der Waals surface area contributed by atoms with E-state index < -0.39 is 37.6 Å². The van der Waals surface area contributed by atoms with E-state index in [4.69, 9.17) is 18.9 Å². The van der Waals surface area contributed by atoms with E-state index in [1.165, 1.54) is 24.6 Å². The second kappa shape index (κ2) is 11.4. The first-order valence-corrected chi connectivity index (χ1v) is 15.4. The Labute approximate surface area is 232 Å². The van der Waals surface area contributed by atoms with Crippen molar-refractivity contribution in [2.75, 3.05) is 21.3 Å². The van der Waals surface area contributed by atoms with E-state index in [-0.39, 0.29) is 11.5 Å². The summed E-state index contributed by atoms with van der Waals surface area (Å²) in [6.07, 6.45) is -1.11. The number of methoxy groups -OCH3 is 3. The number of esters is 2. The van der Waals surface area contributed by atoms with Crippen molar-refractivity contribution in [1.29, 1.82) is 0 Å². The SMILES string of the molecule is COC(=O)C1(C(=O)OC)CC(C[Si](c2ccccc2)(c2ccccc2)C(C)(C)C)OC1c1ccc(OC)cc1. The standard InChI is InChI=1S/C32H38O6Si/c1-31(2,3)39(26-13-9-7-10-14-26,27-15-11-8-12-16-27)22-25-21-32(29(33)36-5,30(34)37-6)28(38-25)23-17-19-24(35-4)20-18-23/h7-20,25,28H,21-22H2,1-6H3. The number of benzene rings is 3. The van der Waals surface area contributed by atoms with Crippen molar-refractivity contribution in [2.24, 2.45) is 5.41 Å². The summed E-state index contributed by atoms with van der Waals surface area (Å²) in [5, 5.41) is 2.44. The molecule has 1 aliphatic rings. The first-order chi connectivity index (χ1) is 18.6. The molecule has 0 radical (unpaired) electrons. The second-order valence-electron chi connectivity index (χ2n) is 11.2. The molecule has 2 unspecified atom stereocenters. The summed E-state index contributed by atoms with van der Waals surface area (Å²) in [6, 6.07) is 29.1. The average Bonchev–Trinajstić information content (AvgIpc) is 3.35. The van der Waals surface area contributed by atoms with Gasteiger partial charge in [-0.15, -0.1) is 0 Å². The lowest BCUT2D eigenvalue weighted by molar-refractivity contribution is -0.173. The normalized spacial score (nSPS) is 18.8. The largest absolute Gasteiger partial charge is 0.497 e. The Morgan fingerprint density at radius 3 is 1.72 bits per heavy atom. The zero-order chi connectivity index (χ0) is 28.3. The molecule has 1 saturated heterocycles. The molecule has 7 heteroatoms. The van der Waals surface area contributed by atoms with Crippen LogP contribution in [0.15, 0.2) is 84.9 Å². The van der Waals surface area contributed by atoms with Gasteiger partial charge >= 0.3 is 11.9 Å². The third kappa shape index (κ3) is 5.01. The smallest absolute Gasteiger partial charge is 0.326 e. The fraction of sp³-hybridized carbons (Fsp3) is 0.375. The van der Waals surface area contributed by atoms with Crippen LogP contribution in [0.1, 0.15) is 38.9 Å². The maximum absolute atomic E-state index is 13.5. The van der Waals surface area contributed by atoms with Gasteiger partial charge in [-0.3, -0.25) is 9.59 Å². The van der Waals surface area contributed by atoms with Gasteiger partial charge < -0.3 is 18.9 Å². The van der Waals surface area contributed by atoms with Crippen molar-refractivity contribution in [3.63, 3.8) is 0 Å². The lowest BCUT2D eigenvalue weighted by Gasteiger charge is -2.45. The fourth-order valence-corrected chi connectivity index (χ4v) is 11.9. The lowest BCUT2D eigenvalue weighted by atomic mass is 9.77. The monoisotopic (exact) mass is 546 g/mol. The van der Waals surface area contributed by atoms with Crippen LogP contribution in [0, 0.1) is 5.41 Å². The molecule has 3 aromatic rings. The van der Waals surface area contributed by atoms with Crippen LogP contribution < -0.4 is 15.1 Å². The summed E-state index contributed by atoms with van der Waals surface area (Å²) in [5.41, 5.74) is -0.940. The topological polar surface area (TPSA) is 71.1 Å². The Morgan fingerprint density at radius 2 is 1.31 bits per heavy atom. The van der Waals surface area contributed by atoms with Crippen LogP contribution >= 0.6 is 0 Å². The van der Waals surface area contributed by atoms with Crippen molar-refractivity contribution in [3.8, 4) is 5.75 Å². The first-order valence-electron chi connectivity index (χ1n) is 13.2. The molecule has 206 valence electrons. The van der Waals surface area contributed by atoms with Crippen LogP contribution in [0.4, 0.5) is 0 Å². The minimum Gasteiger partial charge on any atom is -0.497 e. The molecule has 0 amide bonds. The van der Waals surface area contributed by atoms with E-state index in [1.54, 1.807) is 19.2 Å². The predicted molar refractivity (Wildman–Crippen MR) is 154 cm³/mol. The zero-order valence-electron chi connectivity index (χ0n) is 23.6. The van der Waals surface area contributed by atoms with Crippen molar-refractivity contribution in [3.05, 3.63) is 90.5 Å². The second-order valence-corrected chi connectivity index (χ2v) is 16.0. The van der Waals surface area contributed by atoms with Gasteiger partial charge in [-0.1, -0.05) is 104 Å². The predicted octanol–water partition coefficient (Wildman–Crippen LogP) is 4.92. The van der Waals surface area contributed by atoms with Crippen molar-refractivity contribution in [1.82, 2.24) is 0 Å². The molecule has 6 nitrogen and oxygen atoms in total. The van der Waals surface area contributed by atoms with E-state index >= 15 is 0 Å². The van der Waals surface area contributed by atoms with Crippen LogP contribution in [-0.2, 0) is 23.8 Å². The highest BCUT2D eigenvalue weighted by Gasteiger charge is 2.63. The molecule has 0 aromatic heterocycles. The fourth-order valence-electron chi connectivity index (χ4n) is 6.27. The van der Waals surface area contributed by atoms with Gasteiger partial charge in [0.1, 0.15) is 19.9 Å². The number of carbonyl (C=O) groups is 2. The minimum absolute atomic E-state index is 0.115. The Kier molecular flexibility index (Phi) is 8.33. The van der Waals surface area contributed by atoms with Crippen molar-refractivity contribution in [2.45, 2.75) is 50.5 Å². The third-order valence-corrected chi connectivity index (χ3v) is 14.5. The minimum atomic E-state index is -2.56. The molecule has 0 bridgehead atoms. The van der Waals surface area contributed by atoms with Gasteiger partial charge in [0.05, 0.1) is 27.4 Å². The molecule has 2 atom stereocenters. The van der Waals surface area contributed by atoms with E-state index in [1.807, 2.05) is 24.3 Å². The molecule has 0 aliphatic carbocycles. The maximum atomic E-state index is 13.5. The lowest BCUT2D eigenvalue weighted by Crippen LogP contribution is -2.65. The highest BCUT2D eigenvalue weighted by atomic mass is 28.3. The number of hydrogen-bond acceptors (Lipinski definition) is 6. The van der Waals surface area contributed by atoms with Crippen molar-refractivity contribution >= 4 is 30.4 Å². The molecule has 0 N–H and O–H groups in total. The van der Waals surface area contributed by atoms with Gasteiger partial charge in [0.15, 0.2) is 5.41 Å². The van der Waals surface area contributed by atoms with E-state index in [9.17, 15) is 9.59 Å². The highest BCUT2D eigenvalue weighted by molar-refractivity contribution is 7.04. The Bertz CT molecular complexity index is 1210. The number of ether oxygens (including phenoxy) is 4. The molecular weight excluding hydrogens is 508 g/mol. The molecule has 39 heavy (non-hydrogen) atoms. The molecule has 1 heterocycles. The highest BCUT2D eigenvalue weighted by Crippen LogP contribution is 2.53. The molecule has 0 spiro atoms. The van der Waals surface area contributed by atoms with Gasteiger partial charge in [-0.2, -0.15) is 0 Å². The first kappa shape index (κ1) is 28.6. The summed E-state index contributed by atoms with van der Waals surface area (Å²) in [7, 11) is 1.63. The van der Waals surface area contributed by atoms with Crippen LogP contribution in [0.25, 0.3) is 0 Å². The summed E-state index contributed by atoms with van der Waals surface area (Å²) in [5.74, 6) is -0.637. The van der Waals surface area contributed by atoms with Crippen LogP contribution in [0.5, 0.6) is 5.75 Å². The molecular formula is C32H38O6Si. The van der Waals surface area contributed by atoms with Crippen molar-refractivity contribution < 1.29 is 28.5 Å². The average molecular weight is 547 g/mol. The molecule has 0 saturated carbocycles. The zero-order valence-corrected chi connectivity index (χ0v) is 24.6. The number of carbonyl (C=O) groups excluding carboxylic acids is 2. The summed E-state index contributed by atoms with van der Waals surface area (Å²) in [4.78, 5) is 26.9. The summed E-state index contributed by atoms with van der Waals surface area (Å²) >= 11 is 0. The maximum Gasteiger partial charge on any atom is 0.326 e. The van der Waals surface area contributed by atoms with Gasteiger partial charge in [0.25, 0.3) is 0 Å². The van der Waals surface area contributed by atoms with Crippen LogP contribution in [0.2, 0.25) is 11.1 Å². The van der Waals surface area contributed by atoms with Gasteiger partial charge in [0, 0.05) is 6.42 Å². The summed E-state index contributed by atoms with van der Waals surface area (Å²) < 4.78 is 22.6. The Hall–Kier alpha value is -3.42. The van der Waals surface area contributed by atoms with Crippen LogP contribution in [0.3, 0.4) is 0 Å². The quantitative estimate of drug-likeness (QED) is 0.227. The number of rotatable bonds is 8. The molecule has 3 aromatic carbocycles. The number of hydrogen-bond donors (Lipinski definition) is 0. The molecule has 4 rings (SSSR count). The Morgan fingerprint density at radius 1 is 0.821 bits per heavy atom. The van der Waals surface area contributed by atoms with E-state index in [0.29, 0.717) is 17.4 Å². The van der Waals surface area contributed by atoms with Gasteiger partial charge in [-0.25, -0.2) is 0 Å². The Balaban J connectivity index is 1.88. The third-order valence-electron chi connectivity index (χ3n) is 8.19. The van der Waals surface area contributed by atoms with E-state index in [0.717, 1.165) is 0 Å². The van der Waals surface area contributed by atoms with Crippen LogP contribution in [-0.4, -0.2) is 47.4 Å². The van der Waals surface area contributed by atoms with E-state index in [2.05, 4.69) is 69.3 Å². The van der Waals surface area contributed by atoms with Gasteiger partial charge in [-0.05, 0) is 28.8 Å². The molecule has 1 aliphatic heterocycles. The van der Waals surface area contributed by atoms with Gasteiger partial charge in [0.2, 0.25) is 0 Å². The summed E-state index contributed by atoms with van der Waals surface area (Å²) in [6.45, 7) is 6.84.